The molecule has 0 spiro atoms. The smallest absolute Gasteiger partial charge is 0.238 e. The molecule has 0 bridgehead atoms. The van der Waals surface area contributed by atoms with E-state index < -0.39 is 0 Å². The molecule has 1 aromatic carbocycles. The van der Waals surface area contributed by atoms with Crippen molar-refractivity contribution in [1.82, 2.24) is 4.81 Å². The number of nitrogens with zero attached hydrogens (tertiary/aromatic N) is 1. The quantitative estimate of drug-likeness (QED) is 0.527. The molecule has 0 aliphatic carbocycles. The molecule has 0 fully saturated rings. The molecule has 1 aromatic rings. The van der Waals surface area contributed by atoms with Gasteiger partial charge in [-0.15, -0.1) is 11.8 Å². The third-order valence-corrected chi connectivity index (χ3v) is 3.35. The van der Waals surface area contributed by atoms with E-state index >= 15 is 0 Å². The molecule has 0 heterocycles. The molecule has 1 nitrogen and oxygen atoms in total. The third kappa shape index (κ3) is 4.62. The van der Waals surface area contributed by atoms with Crippen LogP contribution in [0.2, 0.25) is 0 Å². The zero-order valence-corrected chi connectivity index (χ0v) is 11.5. The predicted octanol–water partition coefficient (Wildman–Crippen LogP) is 2.51. The lowest BCUT2D eigenvalue weighted by Crippen LogP contribution is -2.37. The van der Waals surface area contributed by atoms with Crippen LogP contribution in [0.4, 0.5) is 0 Å². The lowest BCUT2D eigenvalue weighted by atomic mass is 9.80. The van der Waals surface area contributed by atoms with Gasteiger partial charge < -0.3 is 4.81 Å². The first kappa shape index (κ1) is 13.7. The van der Waals surface area contributed by atoms with Gasteiger partial charge >= 0.3 is 0 Å². The summed E-state index contributed by atoms with van der Waals surface area (Å²) in [5.41, 5.74) is 1.44. The normalized spacial score (nSPS) is 10.8. The lowest BCUT2D eigenvalue weighted by Gasteiger charge is -2.20. The number of hydrogen-bond donors (Lipinski definition) is 0. The van der Waals surface area contributed by atoms with E-state index in [1.165, 1.54) is 36.3 Å². The van der Waals surface area contributed by atoms with Crippen molar-refractivity contribution >= 4 is 24.6 Å². The number of benzene rings is 1. The second kappa shape index (κ2) is 7.80. The standard InChI is InChI=1S/C13H22BNS/c1-4-9-15(10-5-2)14-12-7-6-8-13(11-12)16-3/h6-8,11,14H,4-5,9-10H2,1-3H3. The fourth-order valence-corrected chi connectivity index (χ4v) is 2.42. The molecule has 0 N–H and O–H groups in total. The minimum Gasteiger partial charge on any atom is -0.341 e. The molecule has 88 valence electrons. The van der Waals surface area contributed by atoms with Gasteiger partial charge in [-0.3, -0.25) is 0 Å². The molecule has 1 rings (SSSR count). The van der Waals surface area contributed by atoms with Crippen LogP contribution in [-0.2, 0) is 0 Å². The van der Waals surface area contributed by atoms with Crippen molar-refractivity contribution in [3.8, 4) is 0 Å². The van der Waals surface area contributed by atoms with Gasteiger partial charge in [0.2, 0.25) is 7.41 Å². The van der Waals surface area contributed by atoms with Gasteiger partial charge in [0.15, 0.2) is 0 Å². The summed E-state index contributed by atoms with van der Waals surface area (Å²) in [6.45, 7) is 6.91. The van der Waals surface area contributed by atoms with Crippen molar-refractivity contribution < 1.29 is 0 Å². The minimum atomic E-state index is 1.09. The van der Waals surface area contributed by atoms with Crippen LogP contribution in [0.5, 0.6) is 0 Å². The first-order chi connectivity index (χ1) is 7.80. The van der Waals surface area contributed by atoms with Gasteiger partial charge in [0.25, 0.3) is 0 Å². The summed E-state index contributed by atoms with van der Waals surface area (Å²) in [4.78, 5) is 3.91. The Morgan fingerprint density at radius 1 is 1.19 bits per heavy atom. The molecule has 0 unspecified atom stereocenters. The molecule has 0 amide bonds. The van der Waals surface area contributed by atoms with Crippen molar-refractivity contribution in [2.45, 2.75) is 31.6 Å². The Morgan fingerprint density at radius 2 is 1.88 bits per heavy atom. The Kier molecular flexibility index (Phi) is 6.66. The fourth-order valence-electron chi connectivity index (χ4n) is 1.93. The summed E-state index contributed by atoms with van der Waals surface area (Å²) in [6, 6.07) is 8.89. The Balaban J connectivity index is 2.60. The second-order valence-corrected chi connectivity index (χ2v) is 5.01. The SMILES string of the molecule is CCCN(Bc1cccc(SC)c1)CCC. The van der Waals surface area contributed by atoms with Crippen LogP contribution in [0.1, 0.15) is 26.7 Å². The highest BCUT2D eigenvalue weighted by Gasteiger charge is 2.06. The van der Waals surface area contributed by atoms with Crippen molar-refractivity contribution in [3.05, 3.63) is 24.3 Å². The molecule has 0 aromatic heterocycles. The Morgan fingerprint density at radius 3 is 2.44 bits per heavy atom. The van der Waals surface area contributed by atoms with Crippen LogP contribution in [0.25, 0.3) is 0 Å². The van der Waals surface area contributed by atoms with Gasteiger partial charge in [-0.25, -0.2) is 0 Å². The maximum atomic E-state index is 2.54. The molecule has 0 saturated heterocycles. The summed E-state index contributed by atoms with van der Waals surface area (Å²) in [7, 11) is 1.09. The average molecular weight is 235 g/mol. The summed E-state index contributed by atoms with van der Waals surface area (Å²) in [5, 5.41) is 0. The van der Waals surface area contributed by atoms with Crippen LogP contribution in [0.3, 0.4) is 0 Å². The highest BCUT2D eigenvalue weighted by Crippen LogP contribution is 2.11. The highest BCUT2D eigenvalue weighted by molar-refractivity contribution is 7.98. The van der Waals surface area contributed by atoms with Crippen LogP contribution in [0.15, 0.2) is 29.2 Å². The van der Waals surface area contributed by atoms with Crippen molar-refractivity contribution in [3.63, 3.8) is 0 Å². The van der Waals surface area contributed by atoms with Gasteiger partial charge in [0.1, 0.15) is 0 Å². The summed E-state index contributed by atoms with van der Waals surface area (Å²) in [6.07, 6.45) is 4.61. The van der Waals surface area contributed by atoms with Crippen molar-refractivity contribution in [1.29, 1.82) is 0 Å². The van der Waals surface area contributed by atoms with E-state index in [1.54, 1.807) is 0 Å². The summed E-state index contributed by atoms with van der Waals surface area (Å²) >= 11 is 1.82. The second-order valence-electron chi connectivity index (χ2n) is 4.13. The van der Waals surface area contributed by atoms with E-state index in [2.05, 4.69) is 49.2 Å². The molecule has 3 heteroatoms. The molecule has 0 atom stereocenters. The van der Waals surface area contributed by atoms with Crippen LogP contribution < -0.4 is 5.46 Å². The number of thioether (sulfide) groups is 1. The zero-order valence-electron chi connectivity index (χ0n) is 10.7. The van der Waals surface area contributed by atoms with Gasteiger partial charge in [-0.1, -0.05) is 37.5 Å². The van der Waals surface area contributed by atoms with E-state index in [9.17, 15) is 0 Å². The Bertz CT molecular complexity index is 298. The largest absolute Gasteiger partial charge is 0.341 e. The van der Waals surface area contributed by atoms with Crippen molar-refractivity contribution in [2.75, 3.05) is 19.3 Å². The molecule has 0 radical (unpaired) electrons. The van der Waals surface area contributed by atoms with E-state index in [4.69, 9.17) is 0 Å². The highest BCUT2D eigenvalue weighted by atomic mass is 32.2. The monoisotopic (exact) mass is 235 g/mol. The molecular weight excluding hydrogens is 213 g/mol. The van der Waals surface area contributed by atoms with Crippen LogP contribution in [-0.4, -0.2) is 31.6 Å². The third-order valence-electron chi connectivity index (χ3n) is 2.62. The van der Waals surface area contributed by atoms with Crippen molar-refractivity contribution in [2.24, 2.45) is 0 Å². The first-order valence-electron chi connectivity index (χ1n) is 6.15. The van der Waals surface area contributed by atoms with Crippen LogP contribution >= 0.6 is 11.8 Å². The van der Waals surface area contributed by atoms with E-state index in [0.29, 0.717) is 0 Å². The molecule has 0 aliphatic rings. The van der Waals surface area contributed by atoms with E-state index in [1.807, 2.05) is 11.8 Å². The van der Waals surface area contributed by atoms with Gasteiger partial charge in [0, 0.05) is 4.90 Å². The maximum absolute atomic E-state index is 2.54. The number of rotatable bonds is 7. The van der Waals surface area contributed by atoms with Gasteiger partial charge in [-0.05, 0) is 38.3 Å². The van der Waals surface area contributed by atoms with E-state index in [0.717, 1.165) is 7.41 Å². The molecule has 0 saturated carbocycles. The first-order valence-corrected chi connectivity index (χ1v) is 7.37. The van der Waals surface area contributed by atoms with E-state index in [-0.39, 0.29) is 0 Å². The van der Waals surface area contributed by atoms with Gasteiger partial charge in [0.05, 0.1) is 0 Å². The lowest BCUT2D eigenvalue weighted by molar-refractivity contribution is 0.445. The molecule has 0 aliphatic heterocycles. The predicted molar refractivity (Wildman–Crippen MR) is 77.2 cm³/mol. The zero-order chi connectivity index (χ0) is 11.8. The maximum Gasteiger partial charge on any atom is 0.238 e. The van der Waals surface area contributed by atoms with Crippen LogP contribution in [0, 0.1) is 0 Å². The molecular formula is C13H22BNS. The average Bonchev–Trinajstić information content (AvgIpc) is 2.30. The minimum absolute atomic E-state index is 1.09. The molecule has 16 heavy (non-hydrogen) atoms. The topological polar surface area (TPSA) is 3.24 Å². The van der Waals surface area contributed by atoms with Gasteiger partial charge in [-0.2, -0.15) is 0 Å². The summed E-state index contributed by atoms with van der Waals surface area (Å²) < 4.78 is 0. The summed E-state index contributed by atoms with van der Waals surface area (Å²) in [5.74, 6) is 0. The number of hydrogen-bond acceptors (Lipinski definition) is 2. The Labute approximate surface area is 105 Å². The Hall–Kier alpha value is -0.405. The fraction of sp³-hybridized carbons (Fsp3) is 0.538.